The molecule has 1 saturated heterocycles. The molecule has 30 heavy (non-hydrogen) atoms. The summed E-state index contributed by atoms with van der Waals surface area (Å²) in [6.45, 7) is 0.583. The summed E-state index contributed by atoms with van der Waals surface area (Å²) in [4.78, 5) is 19.1. The molecule has 2 aromatic carbocycles. The Bertz CT molecular complexity index is 1040. The van der Waals surface area contributed by atoms with E-state index in [1.165, 1.54) is 7.11 Å². The number of benzene rings is 2. The van der Waals surface area contributed by atoms with Gasteiger partial charge in [-0.2, -0.15) is 4.98 Å². The van der Waals surface area contributed by atoms with Gasteiger partial charge in [-0.15, -0.1) is 0 Å². The van der Waals surface area contributed by atoms with Crippen molar-refractivity contribution in [3.63, 3.8) is 0 Å². The van der Waals surface area contributed by atoms with Crippen LogP contribution in [0.3, 0.4) is 0 Å². The number of carbonyl (C=O) groups excluding carboxylic acids is 1. The number of amides is 2. The molecule has 0 unspecified atom stereocenters. The van der Waals surface area contributed by atoms with Crippen LogP contribution in [-0.2, 0) is 0 Å². The van der Waals surface area contributed by atoms with Gasteiger partial charge >= 0.3 is 6.03 Å². The van der Waals surface area contributed by atoms with Crippen LogP contribution in [0.15, 0.2) is 47.0 Å². The summed E-state index contributed by atoms with van der Waals surface area (Å²) in [5.74, 6) is 2.16. The highest BCUT2D eigenvalue weighted by Gasteiger charge is 2.34. The summed E-state index contributed by atoms with van der Waals surface area (Å²) in [5.41, 5.74) is 1.31. The Kier molecular flexibility index (Phi) is 5.76. The van der Waals surface area contributed by atoms with Crippen molar-refractivity contribution in [2.45, 2.75) is 18.9 Å². The van der Waals surface area contributed by atoms with Crippen LogP contribution in [0.5, 0.6) is 11.5 Å². The molecule has 1 N–H and O–H groups in total. The number of ether oxygens (including phenoxy) is 2. The second-order valence-electron chi connectivity index (χ2n) is 6.81. The van der Waals surface area contributed by atoms with Crippen LogP contribution >= 0.6 is 11.6 Å². The molecule has 0 bridgehead atoms. The fraction of sp³-hybridized carbons (Fsp3) is 0.286. The molecule has 1 aromatic heterocycles. The van der Waals surface area contributed by atoms with Crippen LogP contribution in [0.25, 0.3) is 11.4 Å². The maximum absolute atomic E-state index is 12.9. The average molecular weight is 429 g/mol. The topological polar surface area (TPSA) is 89.7 Å². The molecule has 156 valence electrons. The summed E-state index contributed by atoms with van der Waals surface area (Å²) in [6.07, 6.45) is 1.58. The Morgan fingerprint density at radius 1 is 1.20 bits per heavy atom. The highest BCUT2D eigenvalue weighted by molar-refractivity contribution is 6.31. The molecule has 1 atom stereocenters. The van der Waals surface area contributed by atoms with Crippen molar-refractivity contribution >= 4 is 23.3 Å². The van der Waals surface area contributed by atoms with Crippen molar-refractivity contribution in [2.75, 3.05) is 26.1 Å². The molecule has 3 aromatic rings. The molecular formula is C21H21ClN4O4. The second-order valence-corrected chi connectivity index (χ2v) is 7.25. The van der Waals surface area contributed by atoms with E-state index in [9.17, 15) is 4.79 Å². The van der Waals surface area contributed by atoms with Crippen LogP contribution in [0.1, 0.15) is 24.8 Å². The van der Waals surface area contributed by atoms with Crippen LogP contribution in [0.4, 0.5) is 10.5 Å². The SMILES string of the molecule is COc1ccc(-c2noc([C@@H]3CCCN3C(=O)Nc3cc(Cl)ccc3OC)n2)cc1. The Morgan fingerprint density at radius 3 is 2.73 bits per heavy atom. The fourth-order valence-corrected chi connectivity index (χ4v) is 3.63. The zero-order chi connectivity index (χ0) is 21.1. The molecule has 1 fully saturated rings. The number of aromatic nitrogens is 2. The normalized spacial score (nSPS) is 15.8. The number of anilines is 1. The molecule has 2 heterocycles. The predicted molar refractivity (Wildman–Crippen MR) is 112 cm³/mol. The number of halogens is 1. The highest BCUT2D eigenvalue weighted by atomic mass is 35.5. The van der Waals surface area contributed by atoms with Crippen LogP contribution in [0.2, 0.25) is 5.02 Å². The van der Waals surface area contributed by atoms with Crippen molar-refractivity contribution in [3.05, 3.63) is 53.4 Å². The van der Waals surface area contributed by atoms with Gasteiger partial charge in [0.15, 0.2) is 0 Å². The Hall–Kier alpha value is -3.26. The standard InChI is InChI=1S/C21H21ClN4O4/c1-28-15-8-5-13(6-9-15)19-24-20(30-25-19)17-4-3-11-26(17)21(27)23-16-12-14(22)7-10-18(16)29-2/h5-10,12,17H,3-4,11H2,1-2H3,(H,23,27)/t17-/m0/s1. The third-order valence-corrected chi connectivity index (χ3v) is 5.23. The lowest BCUT2D eigenvalue weighted by molar-refractivity contribution is 0.193. The maximum atomic E-state index is 12.9. The van der Waals surface area contributed by atoms with Gasteiger partial charge in [0.05, 0.1) is 19.9 Å². The molecule has 0 saturated carbocycles. The molecular weight excluding hydrogens is 408 g/mol. The van der Waals surface area contributed by atoms with Gasteiger partial charge in [-0.1, -0.05) is 16.8 Å². The predicted octanol–water partition coefficient (Wildman–Crippen LogP) is 4.78. The number of rotatable bonds is 5. The number of likely N-dealkylation sites (tertiary alicyclic amines) is 1. The van der Waals surface area contributed by atoms with E-state index in [-0.39, 0.29) is 12.1 Å². The van der Waals surface area contributed by atoms with Gasteiger partial charge in [0.2, 0.25) is 11.7 Å². The summed E-state index contributed by atoms with van der Waals surface area (Å²) in [6, 6.07) is 11.9. The molecule has 1 aliphatic rings. The molecule has 2 amide bonds. The molecule has 1 aliphatic heterocycles. The summed E-state index contributed by atoms with van der Waals surface area (Å²) >= 11 is 6.06. The summed E-state index contributed by atoms with van der Waals surface area (Å²) < 4.78 is 16.0. The molecule has 9 heteroatoms. The Morgan fingerprint density at radius 2 is 2.00 bits per heavy atom. The molecule has 0 aliphatic carbocycles. The van der Waals surface area contributed by atoms with Crippen LogP contribution < -0.4 is 14.8 Å². The molecule has 0 radical (unpaired) electrons. The van der Waals surface area contributed by atoms with E-state index in [0.717, 1.165) is 24.2 Å². The van der Waals surface area contributed by atoms with E-state index in [4.69, 9.17) is 25.6 Å². The lowest BCUT2D eigenvalue weighted by Gasteiger charge is -2.23. The summed E-state index contributed by atoms with van der Waals surface area (Å²) in [5, 5.41) is 7.45. The zero-order valence-corrected chi connectivity index (χ0v) is 17.3. The van der Waals surface area contributed by atoms with E-state index in [2.05, 4.69) is 15.5 Å². The molecule has 8 nitrogen and oxygen atoms in total. The van der Waals surface area contributed by atoms with Crippen molar-refractivity contribution < 1.29 is 18.8 Å². The number of nitrogens with one attached hydrogen (secondary N) is 1. The van der Waals surface area contributed by atoms with Crippen molar-refractivity contribution in [1.82, 2.24) is 15.0 Å². The Balaban J connectivity index is 1.52. The van der Waals surface area contributed by atoms with Crippen molar-refractivity contribution in [1.29, 1.82) is 0 Å². The lowest BCUT2D eigenvalue weighted by atomic mass is 10.2. The van der Waals surface area contributed by atoms with Gasteiger partial charge < -0.3 is 24.2 Å². The Labute approximate surface area is 178 Å². The largest absolute Gasteiger partial charge is 0.497 e. The highest BCUT2D eigenvalue weighted by Crippen LogP contribution is 2.34. The van der Waals surface area contributed by atoms with Crippen molar-refractivity contribution in [3.8, 4) is 22.9 Å². The van der Waals surface area contributed by atoms with Gasteiger partial charge in [0.1, 0.15) is 17.5 Å². The van der Waals surface area contributed by atoms with Crippen LogP contribution in [-0.4, -0.2) is 41.8 Å². The van der Waals surface area contributed by atoms with E-state index >= 15 is 0 Å². The van der Waals surface area contributed by atoms with E-state index in [1.54, 1.807) is 30.2 Å². The third-order valence-electron chi connectivity index (χ3n) is 4.99. The van der Waals surface area contributed by atoms with Gasteiger partial charge in [-0.05, 0) is 55.3 Å². The van der Waals surface area contributed by atoms with Gasteiger partial charge in [-0.25, -0.2) is 4.79 Å². The number of methoxy groups -OCH3 is 2. The van der Waals surface area contributed by atoms with E-state index in [0.29, 0.717) is 34.7 Å². The average Bonchev–Trinajstić information content (AvgIpc) is 3.43. The minimum atomic E-state index is -0.297. The second kappa shape index (κ2) is 8.62. The fourth-order valence-electron chi connectivity index (χ4n) is 3.46. The van der Waals surface area contributed by atoms with Gasteiger partial charge in [-0.3, -0.25) is 0 Å². The first kappa shape index (κ1) is 20.0. The van der Waals surface area contributed by atoms with Gasteiger partial charge in [0.25, 0.3) is 0 Å². The first-order valence-electron chi connectivity index (χ1n) is 9.48. The van der Waals surface area contributed by atoms with Crippen molar-refractivity contribution in [2.24, 2.45) is 0 Å². The van der Waals surface area contributed by atoms with Crippen LogP contribution in [0, 0.1) is 0 Å². The first-order valence-corrected chi connectivity index (χ1v) is 9.86. The minimum Gasteiger partial charge on any atom is -0.497 e. The lowest BCUT2D eigenvalue weighted by Crippen LogP contribution is -2.34. The third kappa shape index (κ3) is 4.04. The quantitative estimate of drug-likeness (QED) is 0.629. The number of nitrogens with zero attached hydrogens (tertiary/aromatic N) is 3. The number of urea groups is 1. The summed E-state index contributed by atoms with van der Waals surface area (Å²) in [7, 11) is 3.15. The van der Waals surface area contributed by atoms with E-state index in [1.807, 2.05) is 24.3 Å². The smallest absolute Gasteiger partial charge is 0.322 e. The zero-order valence-electron chi connectivity index (χ0n) is 16.6. The number of carbonyl (C=O) groups is 1. The first-order chi connectivity index (χ1) is 14.6. The molecule has 0 spiro atoms. The number of hydrogen-bond donors (Lipinski definition) is 1. The molecule has 4 rings (SSSR count). The van der Waals surface area contributed by atoms with Gasteiger partial charge in [0, 0.05) is 17.1 Å². The maximum Gasteiger partial charge on any atom is 0.322 e. The number of hydrogen-bond acceptors (Lipinski definition) is 6. The van der Waals surface area contributed by atoms with E-state index < -0.39 is 0 Å². The monoisotopic (exact) mass is 428 g/mol. The minimum absolute atomic E-state index is 0.276.